The molecule has 1 aromatic carbocycles. The average molecular weight is 389 g/mol. The van der Waals surface area contributed by atoms with Crippen LogP contribution in [0.2, 0.25) is 0 Å². The zero-order chi connectivity index (χ0) is 17.2. The van der Waals surface area contributed by atoms with Crippen LogP contribution in [0.5, 0.6) is 0 Å². The monoisotopic (exact) mass is 388 g/mol. The first-order valence-electron chi connectivity index (χ1n) is 7.84. The predicted octanol–water partition coefficient (Wildman–Crippen LogP) is 3.12. The van der Waals surface area contributed by atoms with Crippen molar-refractivity contribution in [1.82, 2.24) is 9.78 Å². The molecule has 1 atom stereocenters. The van der Waals surface area contributed by atoms with Crippen LogP contribution < -0.4 is 10.6 Å². The van der Waals surface area contributed by atoms with Gasteiger partial charge >= 0.3 is 0 Å². The summed E-state index contributed by atoms with van der Waals surface area (Å²) in [7, 11) is 0. The molecule has 3 heterocycles. The number of carbonyl (C=O) groups excluding carboxylic acids is 2. The molecule has 4 rings (SSSR count). The van der Waals surface area contributed by atoms with Crippen molar-refractivity contribution in [2.24, 2.45) is 0 Å². The minimum absolute atomic E-state index is 0.0809. The van der Waals surface area contributed by atoms with Crippen LogP contribution in [0.25, 0.3) is 0 Å². The fraction of sp³-hybridized carbons (Fsp3) is 0.353. The quantitative estimate of drug-likeness (QED) is 0.787. The maximum Gasteiger partial charge on any atom is 0.240 e. The second kappa shape index (κ2) is 4.92. The molecule has 6 nitrogen and oxygen atoms in total. The van der Waals surface area contributed by atoms with Crippen molar-refractivity contribution in [2.45, 2.75) is 38.6 Å². The lowest BCUT2D eigenvalue weighted by Crippen LogP contribution is -2.43. The van der Waals surface area contributed by atoms with E-state index < -0.39 is 5.41 Å². The summed E-state index contributed by atoms with van der Waals surface area (Å²) in [5.41, 5.74) is 2.33. The van der Waals surface area contributed by atoms with Crippen LogP contribution in [0.1, 0.15) is 43.0 Å². The van der Waals surface area contributed by atoms with Crippen molar-refractivity contribution in [3.05, 3.63) is 39.5 Å². The molecule has 2 aliphatic heterocycles. The third-order valence-corrected chi connectivity index (χ3v) is 5.27. The summed E-state index contributed by atoms with van der Waals surface area (Å²) >= 11 is 3.51. The van der Waals surface area contributed by atoms with E-state index in [1.54, 1.807) is 10.9 Å². The topological polar surface area (TPSA) is 76.0 Å². The molecule has 24 heavy (non-hydrogen) atoms. The maximum absolute atomic E-state index is 13.0. The highest BCUT2D eigenvalue weighted by Crippen LogP contribution is 2.51. The van der Waals surface area contributed by atoms with E-state index >= 15 is 0 Å². The lowest BCUT2D eigenvalue weighted by Gasteiger charge is -2.32. The van der Waals surface area contributed by atoms with Crippen molar-refractivity contribution in [3.8, 4) is 0 Å². The fourth-order valence-corrected chi connectivity index (χ4v) is 4.31. The van der Waals surface area contributed by atoms with E-state index in [1.807, 2.05) is 32.9 Å². The smallest absolute Gasteiger partial charge is 0.240 e. The number of halogens is 1. The summed E-state index contributed by atoms with van der Waals surface area (Å²) in [4.78, 5) is 25.5. The summed E-state index contributed by atoms with van der Waals surface area (Å²) < 4.78 is 2.64. The number of rotatable bonds is 1. The third kappa shape index (κ3) is 1.84. The van der Waals surface area contributed by atoms with Crippen LogP contribution in [0.15, 0.2) is 22.8 Å². The number of aryl methyl sites for hydroxylation is 1. The highest BCUT2D eigenvalue weighted by molar-refractivity contribution is 9.10. The van der Waals surface area contributed by atoms with Gasteiger partial charge in [-0.05, 0) is 44.0 Å². The third-order valence-electron chi connectivity index (χ3n) is 4.81. The maximum atomic E-state index is 13.0. The Balaban J connectivity index is 2.04. The molecule has 1 spiro atoms. The molecule has 1 unspecified atom stereocenters. The molecule has 0 saturated carbocycles. The lowest BCUT2D eigenvalue weighted by atomic mass is 9.71. The fourth-order valence-electron chi connectivity index (χ4n) is 3.73. The van der Waals surface area contributed by atoms with Gasteiger partial charge in [-0.1, -0.05) is 15.9 Å². The molecule has 124 valence electrons. The van der Waals surface area contributed by atoms with Gasteiger partial charge in [-0.15, -0.1) is 0 Å². The van der Waals surface area contributed by atoms with Gasteiger partial charge in [0.15, 0.2) is 0 Å². The second-order valence-electron chi connectivity index (χ2n) is 6.67. The van der Waals surface area contributed by atoms with E-state index in [0.717, 1.165) is 26.9 Å². The largest absolute Gasteiger partial charge is 0.324 e. The van der Waals surface area contributed by atoms with Crippen molar-refractivity contribution in [2.75, 3.05) is 10.6 Å². The molecule has 2 amide bonds. The number of fused-ring (bicyclic) bond motifs is 4. The van der Waals surface area contributed by atoms with Crippen molar-refractivity contribution in [3.63, 3.8) is 0 Å². The van der Waals surface area contributed by atoms with E-state index in [0.29, 0.717) is 5.82 Å². The van der Waals surface area contributed by atoms with E-state index in [1.165, 1.54) is 0 Å². The number of aromatic nitrogens is 2. The summed E-state index contributed by atoms with van der Waals surface area (Å²) in [5.74, 6) is 0.269. The van der Waals surface area contributed by atoms with Gasteiger partial charge in [0.2, 0.25) is 11.8 Å². The molecule has 1 aromatic heterocycles. The van der Waals surface area contributed by atoms with Crippen molar-refractivity contribution < 1.29 is 9.59 Å². The van der Waals surface area contributed by atoms with Crippen molar-refractivity contribution >= 4 is 39.2 Å². The van der Waals surface area contributed by atoms with Gasteiger partial charge < -0.3 is 10.6 Å². The number of hydrogen-bond acceptors (Lipinski definition) is 3. The molecule has 2 aromatic rings. The first-order valence-corrected chi connectivity index (χ1v) is 8.64. The van der Waals surface area contributed by atoms with Crippen LogP contribution in [0.4, 0.5) is 11.5 Å². The molecule has 2 aliphatic rings. The van der Waals surface area contributed by atoms with E-state index in [2.05, 4.69) is 31.7 Å². The Morgan fingerprint density at radius 2 is 2.00 bits per heavy atom. The molecule has 0 aliphatic carbocycles. The number of amides is 2. The van der Waals surface area contributed by atoms with Crippen molar-refractivity contribution in [1.29, 1.82) is 0 Å². The normalized spacial score (nSPS) is 21.7. The van der Waals surface area contributed by atoms with E-state index in [9.17, 15) is 9.59 Å². The number of nitrogens with one attached hydrogen (secondary N) is 2. The number of anilines is 2. The zero-order valence-corrected chi connectivity index (χ0v) is 15.2. The SMILES string of the molecule is Cc1cc(Br)cc2c1NC(=O)C21CC(=O)Nc2c1cnn2C(C)C. The summed E-state index contributed by atoms with van der Waals surface area (Å²) in [6, 6.07) is 3.96. The Kier molecular flexibility index (Phi) is 3.16. The minimum atomic E-state index is -1.02. The zero-order valence-electron chi connectivity index (χ0n) is 13.6. The van der Waals surface area contributed by atoms with Gasteiger partial charge in [-0.3, -0.25) is 9.59 Å². The van der Waals surface area contributed by atoms with Gasteiger partial charge in [0.05, 0.1) is 6.20 Å². The predicted molar refractivity (Wildman–Crippen MR) is 94.1 cm³/mol. The van der Waals surface area contributed by atoms with Crippen LogP contribution in [-0.2, 0) is 15.0 Å². The molecular formula is C17H17BrN4O2. The van der Waals surface area contributed by atoms with Crippen LogP contribution in [0, 0.1) is 6.92 Å². The molecule has 7 heteroatoms. The average Bonchev–Trinajstić information content (AvgIpc) is 3.02. The van der Waals surface area contributed by atoms with Gasteiger partial charge in [0.1, 0.15) is 11.2 Å². The first-order chi connectivity index (χ1) is 11.3. The summed E-state index contributed by atoms with van der Waals surface area (Å²) in [5, 5.41) is 10.3. The number of nitrogens with zero attached hydrogens (tertiary/aromatic N) is 2. The van der Waals surface area contributed by atoms with E-state index in [-0.39, 0.29) is 24.3 Å². The summed E-state index contributed by atoms with van der Waals surface area (Å²) in [6.07, 6.45) is 1.79. The first kappa shape index (κ1) is 15.4. The molecule has 0 saturated heterocycles. The van der Waals surface area contributed by atoms with Gasteiger partial charge in [-0.25, -0.2) is 4.68 Å². The Labute approximate surface area is 147 Å². The standard InChI is InChI=1S/C17H17BrN4O2/c1-8(2)22-15-12(7-19-22)17(6-13(23)20-15)11-5-10(18)4-9(3)14(11)21-16(17)24/h4-5,7-8H,6H2,1-3H3,(H,20,23)(H,21,24). The lowest BCUT2D eigenvalue weighted by molar-refractivity contribution is -0.125. The summed E-state index contributed by atoms with van der Waals surface area (Å²) in [6.45, 7) is 5.93. The number of carbonyl (C=O) groups is 2. The molecular weight excluding hydrogens is 372 g/mol. The van der Waals surface area contributed by atoms with Gasteiger partial charge in [0, 0.05) is 28.2 Å². The minimum Gasteiger partial charge on any atom is -0.324 e. The molecule has 0 bridgehead atoms. The van der Waals surface area contributed by atoms with Crippen LogP contribution in [0.3, 0.4) is 0 Å². The highest BCUT2D eigenvalue weighted by atomic mass is 79.9. The molecule has 0 radical (unpaired) electrons. The van der Waals surface area contributed by atoms with Gasteiger partial charge in [-0.2, -0.15) is 5.10 Å². The Morgan fingerprint density at radius 3 is 2.71 bits per heavy atom. The Hall–Kier alpha value is -2.15. The van der Waals surface area contributed by atoms with Gasteiger partial charge in [0.25, 0.3) is 0 Å². The number of hydrogen-bond donors (Lipinski definition) is 2. The second-order valence-corrected chi connectivity index (χ2v) is 7.59. The Morgan fingerprint density at radius 1 is 1.25 bits per heavy atom. The number of benzene rings is 1. The van der Waals surface area contributed by atoms with E-state index in [4.69, 9.17) is 0 Å². The van der Waals surface area contributed by atoms with Crippen LogP contribution in [-0.4, -0.2) is 21.6 Å². The van der Waals surface area contributed by atoms with Crippen LogP contribution >= 0.6 is 15.9 Å². The molecule has 0 fully saturated rings. The highest BCUT2D eigenvalue weighted by Gasteiger charge is 2.54. The molecule has 2 N–H and O–H groups in total. The Bertz CT molecular complexity index is 902.